The van der Waals surface area contributed by atoms with Gasteiger partial charge >= 0.3 is 0 Å². The fraction of sp³-hybridized carbons (Fsp3) is 0.429. The van der Waals surface area contributed by atoms with Gasteiger partial charge in [-0.2, -0.15) is 4.37 Å². The molecule has 0 amide bonds. The summed E-state index contributed by atoms with van der Waals surface area (Å²) in [7, 11) is 1.69. The van der Waals surface area contributed by atoms with Crippen LogP contribution in [0.2, 0.25) is 0 Å². The standard InChI is InChI=1S/C14H18BrN3OS/c1-10(9-11-3-5-12(15)6-4-11)16-14-17-13(18-20-14)7-8-19-2/h3-6,10H,7-9H2,1-2H3,(H,16,17,18). The van der Waals surface area contributed by atoms with Crippen LogP contribution in [0.4, 0.5) is 5.13 Å². The van der Waals surface area contributed by atoms with Crippen LogP contribution in [0.15, 0.2) is 28.7 Å². The van der Waals surface area contributed by atoms with Crippen molar-refractivity contribution in [2.24, 2.45) is 0 Å². The van der Waals surface area contributed by atoms with E-state index in [1.54, 1.807) is 7.11 Å². The normalized spacial score (nSPS) is 12.3. The maximum atomic E-state index is 5.03. The Kier molecular flexibility index (Phi) is 5.94. The summed E-state index contributed by atoms with van der Waals surface area (Å²) in [6.07, 6.45) is 1.72. The Morgan fingerprint density at radius 1 is 1.35 bits per heavy atom. The summed E-state index contributed by atoms with van der Waals surface area (Å²) >= 11 is 4.85. The molecule has 0 saturated carbocycles. The molecule has 1 unspecified atom stereocenters. The summed E-state index contributed by atoms with van der Waals surface area (Å²) in [5.41, 5.74) is 1.30. The van der Waals surface area contributed by atoms with Crippen molar-refractivity contribution in [3.8, 4) is 0 Å². The van der Waals surface area contributed by atoms with Gasteiger partial charge in [0.25, 0.3) is 0 Å². The van der Waals surface area contributed by atoms with Crippen molar-refractivity contribution in [2.45, 2.75) is 25.8 Å². The first-order valence-corrected chi connectivity index (χ1v) is 8.06. The topological polar surface area (TPSA) is 47.0 Å². The number of aromatic nitrogens is 2. The molecule has 0 aliphatic rings. The zero-order valence-corrected chi connectivity index (χ0v) is 14.0. The smallest absolute Gasteiger partial charge is 0.202 e. The molecular weight excluding hydrogens is 338 g/mol. The quantitative estimate of drug-likeness (QED) is 0.825. The van der Waals surface area contributed by atoms with E-state index in [0.717, 1.165) is 28.3 Å². The summed E-state index contributed by atoms with van der Waals surface area (Å²) in [6, 6.07) is 8.71. The Morgan fingerprint density at radius 3 is 2.80 bits per heavy atom. The molecule has 108 valence electrons. The molecule has 1 N–H and O–H groups in total. The van der Waals surface area contributed by atoms with Crippen LogP contribution < -0.4 is 5.32 Å². The molecule has 1 heterocycles. The number of halogens is 1. The lowest BCUT2D eigenvalue weighted by Gasteiger charge is -2.12. The Bertz CT molecular complexity index is 529. The third kappa shape index (κ3) is 4.85. The second kappa shape index (κ2) is 7.71. The van der Waals surface area contributed by atoms with Crippen LogP contribution in [0, 0.1) is 0 Å². The van der Waals surface area contributed by atoms with Gasteiger partial charge in [0.15, 0.2) is 0 Å². The number of hydrogen-bond acceptors (Lipinski definition) is 5. The van der Waals surface area contributed by atoms with Gasteiger partial charge in [0.1, 0.15) is 5.82 Å². The molecule has 0 saturated heterocycles. The molecular formula is C14H18BrN3OS. The van der Waals surface area contributed by atoms with Crippen LogP contribution in [0.1, 0.15) is 18.3 Å². The van der Waals surface area contributed by atoms with E-state index in [2.05, 4.69) is 61.8 Å². The third-order valence-corrected chi connectivity index (χ3v) is 4.04. The van der Waals surface area contributed by atoms with E-state index < -0.39 is 0 Å². The Morgan fingerprint density at radius 2 is 2.10 bits per heavy atom. The van der Waals surface area contributed by atoms with Gasteiger partial charge < -0.3 is 10.1 Å². The molecule has 0 radical (unpaired) electrons. The molecule has 1 atom stereocenters. The zero-order valence-electron chi connectivity index (χ0n) is 11.6. The average molecular weight is 356 g/mol. The first kappa shape index (κ1) is 15.4. The van der Waals surface area contributed by atoms with Gasteiger partial charge in [0, 0.05) is 35.6 Å². The highest BCUT2D eigenvalue weighted by atomic mass is 79.9. The van der Waals surface area contributed by atoms with Gasteiger partial charge in [0.05, 0.1) is 6.61 Å². The Hall–Kier alpha value is -0.980. The summed E-state index contributed by atoms with van der Waals surface area (Å²) in [5, 5.41) is 4.27. The van der Waals surface area contributed by atoms with Gasteiger partial charge in [-0.15, -0.1) is 0 Å². The summed E-state index contributed by atoms with van der Waals surface area (Å²) in [6.45, 7) is 2.81. The van der Waals surface area contributed by atoms with Crippen molar-refractivity contribution in [2.75, 3.05) is 19.0 Å². The highest BCUT2D eigenvalue weighted by Crippen LogP contribution is 2.16. The fourth-order valence-corrected chi connectivity index (χ4v) is 2.83. The average Bonchev–Trinajstić information content (AvgIpc) is 2.86. The van der Waals surface area contributed by atoms with Gasteiger partial charge in [0.2, 0.25) is 5.13 Å². The number of benzene rings is 1. The molecule has 2 rings (SSSR count). The highest BCUT2D eigenvalue weighted by Gasteiger charge is 2.08. The zero-order chi connectivity index (χ0) is 14.4. The van der Waals surface area contributed by atoms with E-state index in [0.29, 0.717) is 12.6 Å². The van der Waals surface area contributed by atoms with Crippen molar-refractivity contribution < 1.29 is 4.74 Å². The second-order valence-corrected chi connectivity index (χ2v) is 6.30. The van der Waals surface area contributed by atoms with E-state index in [4.69, 9.17) is 4.74 Å². The molecule has 4 nitrogen and oxygen atoms in total. The Labute approximate surface area is 131 Å². The predicted octanol–water partition coefficient (Wildman–Crippen LogP) is 3.53. The molecule has 0 fully saturated rings. The fourth-order valence-electron chi connectivity index (χ4n) is 1.84. The van der Waals surface area contributed by atoms with Crippen LogP contribution in [-0.2, 0) is 17.6 Å². The molecule has 0 aliphatic heterocycles. The van der Waals surface area contributed by atoms with Crippen LogP contribution in [0.25, 0.3) is 0 Å². The van der Waals surface area contributed by atoms with E-state index in [-0.39, 0.29) is 0 Å². The minimum Gasteiger partial charge on any atom is -0.384 e. The minimum atomic E-state index is 0.319. The molecule has 6 heteroatoms. The Balaban J connectivity index is 1.86. The van der Waals surface area contributed by atoms with Crippen molar-refractivity contribution >= 4 is 32.6 Å². The van der Waals surface area contributed by atoms with Crippen molar-refractivity contribution in [3.63, 3.8) is 0 Å². The van der Waals surface area contributed by atoms with Crippen LogP contribution in [0.3, 0.4) is 0 Å². The van der Waals surface area contributed by atoms with E-state index in [1.807, 2.05) is 0 Å². The van der Waals surface area contributed by atoms with Gasteiger partial charge in [-0.05, 0) is 31.0 Å². The minimum absolute atomic E-state index is 0.319. The monoisotopic (exact) mass is 355 g/mol. The molecule has 20 heavy (non-hydrogen) atoms. The van der Waals surface area contributed by atoms with Crippen LogP contribution in [-0.4, -0.2) is 29.1 Å². The summed E-state index contributed by atoms with van der Waals surface area (Å²) < 4.78 is 10.4. The lowest BCUT2D eigenvalue weighted by Crippen LogP contribution is -2.17. The predicted molar refractivity (Wildman–Crippen MR) is 86.4 cm³/mol. The number of methoxy groups -OCH3 is 1. The summed E-state index contributed by atoms with van der Waals surface area (Å²) in [5.74, 6) is 0.843. The number of anilines is 1. The third-order valence-electron chi connectivity index (χ3n) is 2.82. The molecule has 0 aliphatic carbocycles. The maximum Gasteiger partial charge on any atom is 0.202 e. The summed E-state index contributed by atoms with van der Waals surface area (Å²) in [4.78, 5) is 4.45. The van der Waals surface area contributed by atoms with Crippen molar-refractivity contribution in [1.29, 1.82) is 0 Å². The number of ether oxygens (including phenoxy) is 1. The number of rotatable bonds is 7. The van der Waals surface area contributed by atoms with Gasteiger partial charge in [-0.3, -0.25) is 0 Å². The van der Waals surface area contributed by atoms with Crippen molar-refractivity contribution in [1.82, 2.24) is 9.36 Å². The van der Waals surface area contributed by atoms with Crippen LogP contribution >= 0.6 is 27.5 Å². The molecule has 0 bridgehead atoms. The highest BCUT2D eigenvalue weighted by molar-refractivity contribution is 9.10. The SMILES string of the molecule is COCCc1nsc(NC(C)Cc2ccc(Br)cc2)n1. The second-order valence-electron chi connectivity index (χ2n) is 4.63. The largest absolute Gasteiger partial charge is 0.384 e. The van der Waals surface area contributed by atoms with E-state index >= 15 is 0 Å². The van der Waals surface area contributed by atoms with E-state index in [9.17, 15) is 0 Å². The first-order chi connectivity index (χ1) is 9.67. The van der Waals surface area contributed by atoms with Gasteiger partial charge in [-0.25, -0.2) is 4.98 Å². The number of nitrogens with zero attached hydrogens (tertiary/aromatic N) is 2. The lowest BCUT2D eigenvalue weighted by molar-refractivity contribution is 0.201. The van der Waals surface area contributed by atoms with E-state index in [1.165, 1.54) is 17.1 Å². The van der Waals surface area contributed by atoms with Crippen molar-refractivity contribution in [3.05, 3.63) is 40.1 Å². The van der Waals surface area contributed by atoms with Crippen LogP contribution in [0.5, 0.6) is 0 Å². The molecule has 0 spiro atoms. The number of hydrogen-bond donors (Lipinski definition) is 1. The maximum absolute atomic E-state index is 5.03. The molecule has 1 aromatic heterocycles. The molecule has 1 aromatic carbocycles. The van der Waals surface area contributed by atoms with Gasteiger partial charge in [-0.1, -0.05) is 28.1 Å². The number of nitrogens with one attached hydrogen (secondary N) is 1. The first-order valence-electron chi connectivity index (χ1n) is 6.50. The molecule has 2 aromatic rings. The lowest BCUT2D eigenvalue weighted by atomic mass is 10.1.